The minimum absolute atomic E-state index is 0.147. The van der Waals surface area contributed by atoms with Crippen molar-refractivity contribution >= 4 is 44.9 Å². The van der Waals surface area contributed by atoms with Gasteiger partial charge in [0.05, 0.1) is 20.1 Å². The van der Waals surface area contributed by atoms with Crippen molar-refractivity contribution in [1.29, 1.82) is 0 Å². The first-order chi connectivity index (χ1) is 12.6. The molecule has 2 heterocycles. The van der Waals surface area contributed by atoms with Crippen molar-refractivity contribution in [3.63, 3.8) is 0 Å². The number of hydrogen-bond donors (Lipinski definition) is 0. The quantitative estimate of drug-likeness (QED) is 0.684. The minimum Gasteiger partial charge on any atom is -0.497 e. The monoisotopic (exact) mass is 430 g/mol. The van der Waals surface area contributed by atoms with Crippen LogP contribution >= 0.6 is 28.1 Å². The topological polar surface area (TPSA) is 52.4 Å². The molecule has 26 heavy (non-hydrogen) atoms. The van der Waals surface area contributed by atoms with Crippen LogP contribution in [0.4, 0.5) is 0 Å². The molecule has 5 nitrogen and oxygen atoms in total. The summed E-state index contributed by atoms with van der Waals surface area (Å²) < 4.78 is 17.8. The van der Waals surface area contributed by atoms with Gasteiger partial charge in [0.25, 0.3) is 0 Å². The van der Waals surface area contributed by atoms with E-state index in [9.17, 15) is 0 Å². The van der Waals surface area contributed by atoms with Crippen LogP contribution in [0, 0.1) is 5.92 Å². The number of thiocarbonyl (C=S) groups is 1. The Kier molecular flexibility index (Phi) is 4.50. The van der Waals surface area contributed by atoms with Crippen molar-refractivity contribution < 1.29 is 14.2 Å². The molecule has 0 amide bonds. The third-order valence-electron chi connectivity index (χ3n) is 4.30. The van der Waals surface area contributed by atoms with Crippen molar-refractivity contribution in [3.05, 3.63) is 52.0 Å². The average molecular weight is 431 g/mol. The van der Waals surface area contributed by atoms with Gasteiger partial charge in [0.1, 0.15) is 10.7 Å². The van der Waals surface area contributed by atoms with Crippen molar-refractivity contribution in [2.24, 2.45) is 15.9 Å². The average Bonchev–Trinajstić information content (AvgIpc) is 2.66. The summed E-state index contributed by atoms with van der Waals surface area (Å²) in [5.74, 6) is 3.01. The third-order valence-corrected chi connectivity index (χ3v) is 5.14. The van der Waals surface area contributed by atoms with Gasteiger partial charge in [0, 0.05) is 15.6 Å². The number of halogens is 1. The van der Waals surface area contributed by atoms with Crippen LogP contribution in [-0.2, 0) is 6.42 Å². The fraction of sp³-hybridized carbons (Fsp3) is 0.211. The molecule has 0 N–H and O–H groups in total. The van der Waals surface area contributed by atoms with Crippen LogP contribution in [0.25, 0.3) is 0 Å². The van der Waals surface area contributed by atoms with Gasteiger partial charge in [-0.2, -0.15) is 4.99 Å². The first-order valence-corrected chi connectivity index (χ1v) is 9.19. The second-order valence-corrected chi connectivity index (χ2v) is 7.24. The fourth-order valence-corrected chi connectivity index (χ4v) is 3.78. The zero-order valence-electron chi connectivity index (χ0n) is 14.2. The second-order valence-electron chi connectivity index (χ2n) is 5.91. The Hall–Kier alpha value is -2.25. The van der Waals surface area contributed by atoms with Crippen molar-refractivity contribution in [2.45, 2.75) is 6.42 Å². The normalized spacial score (nSPS) is 18.1. The molecule has 2 aliphatic heterocycles. The molecule has 4 rings (SSSR count). The Balaban J connectivity index is 1.75. The molecule has 0 aliphatic carbocycles. The molecule has 7 heteroatoms. The molecule has 0 bridgehead atoms. The van der Waals surface area contributed by atoms with Gasteiger partial charge >= 0.3 is 0 Å². The number of ether oxygens (including phenoxy) is 3. The summed E-state index contributed by atoms with van der Waals surface area (Å²) in [7, 11) is 3.24. The molecule has 0 spiro atoms. The van der Waals surface area contributed by atoms with Crippen LogP contribution in [0.5, 0.6) is 17.2 Å². The summed E-state index contributed by atoms with van der Waals surface area (Å²) >= 11 is 9.04. The van der Waals surface area contributed by atoms with Crippen LogP contribution in [-0.4, -0.2) is 30.9 Å². The van der Waals surface area contributed by atoms with Crippen molar-refractivity contribution in [2.75, 3.05) is 14.2 Å². The molecule has 0 saturated heterocycles. The first kappa shape index (κ1) is 17.2. The minimum atomic E-state index is -0.147. The maximum Gasteiger partial charge on any atom is 0.207 e. The van der Waals surface area contributed by atoms with Crippen LogP contribution in [0.15, 0.2) is 50.9 Å². The lowest BCUT2D eigenvalue weighted by Crippen LogP contribution is -2.36. The largest absolute Gasteiger partial charge is 0.497 e. The predicted octanol–water partition coefficient (Wildman–Crippen LogP) is 4.20. The van der Waals surface area contributed by atoms with E-state index in [1.54, 1.807) is 14.2 Å². The van der Waals surface area contributed by atoms with Gasteiger partial charge in [0.2, 0.25) is 5.90 Å². The molecule has 0 aromatic heterocycles. The van der Waals surface area contributed by atoms with E-state index in [0.29, 0.717) is 34.6 Å². The molecular weight excluding hydrogens is 416 g/mol. The lowest BCUT2D eigenvalue weighted by molar-refractivity contribution is 0.378. The van der Waals surface area contributed by atoms with Gasteiger partial charge in [-0.05, 0) is 30.7 Å². The van der Waals surface area contributed by atoms with Crippen LogP contribution in [0.3, 0.4) is 0 Å². The Labute approximate surface area is 164 Å². The van der Waals surface area contributed by atoms with Crippen LogP contribution < -0.4 is 14.2 Å². The maximum absolute atomic E-state index is 6.10. The number of benzene rings is 2. The number of hydrogen-bond acceptors (Lipinski definition) is 5. The van der Waals surface area contributed by atoms with E-state index >= 15 is 0 Å². The first-order valence-electron chi connectivity index (χ1n) is 7.99. The summed E-state index contributed by atoms with van der Waals surface area (Å²) in [4.78, 5) is 9.73. The zero-order valence-corrected chi connectivity index (χ0v) is 16.6. The fourth-order valence-electron chi connectivity index (χ4n) is 3.02. The highest BCUT2D eigenvalue weighted by atomic mass is 79.9. The van der Waals surface area contributed by atoms with Gasteiger partial charge in [0.15, 0.2) is 17.3 Å². The highest BCUT2D eigenvalue weighted by Crippen LogP contribution is 2.40. The number of aliphatic imine (C=N–C) groups is 2. The molecular formula is C19H15BrN2O3S. The molecule has 0 fully saturated rings. The van der Waals surface area contributed by atoms with Crippen LogP contribution in [0.1, 0.15) is 11.1 Å². The van der Waals surface area contributed by atoms with E-state index in [1.165, 1.54) is 0 Å². The van der Waals surface area contributed by atoms with Gasteiger partial charge < -0.3 is 14.2 Å². The van der Waals surface area contributed by atoms with Gasteiger partial charge in [-0.1, -0.05) is 40.3 Å². The summed E-state index contributed by atoms with van der Waals surface area (Å²) in [6, 6.07) is 11.4. The van der Waals surface area contributed by atoms with E-state index in [4.69, 9.17) is 26.4 Å². The summed E-state index contributed by atoms with van der Waals surface area (Å²) in [6.07, 6.45) is 0.678. The van der Waals surface area contributed by atoms with E-state index in [0.717, 1.165) is 21.3 Å². The number of rotatable bonds is 3. The summed E-state index contributed by atoms with van der Waals surface area (Å²) in [6.45, 7) is 0. The molecule has 0 radical (unpaired) electrons. The smallest absolute Gasteiger partial charge is 0.207 e. The highest BCUT2D eigenvalue weighted by molar-refractivity contribution is 9.10. The SMILES string of the molecule is COc1cccc(C2=NC(=S)C3Cc4cc(Br)cc(OC)c4OC3=N2)c1. The molecule has 132 valence electrons. The lowest BCUT2D eigenvalue weighted by Gasteiger charge is -2.29. The summed E-state index contributed by atoms with van der Waals surface area (Å²) in [5, 5.41) is 0. The standard InChI is InChI=1S/C19H15BrN2O3S/c1-23-13-5-3-4-10(7-13)17-21-18-14(19(26)22-17)8-11-6-12(20)9-15(24-2)16(11)25-18/h3-7,9,14H,8H2,1-2H3. The Morgan fingerprint density at radius 3 is 2.77 bits per heavy atom. The molecule has 2 aromatic carbocycles. The highest BCUT2D eigenvalue weighted by Gasteiger charge is 2.35. The molecule has 1 atom stereocenters. The molecule has 0 saturated carbocycles. The third kappa shape index (κ3) is 3.01. The van der Waals surface area contributed by atoms with E-state index in [1.807, 2.05) is 36.4 Å². The van der Waals surface area contributed by atoms with Crippen molar-refractivity contribution in [1.82, 2.24) is 0 Å². The number of fused-ring (bicyclic) bond motifs is 2. The number of methoxy groups -OCH3 is 2. The second kappa shape index (κ2) is 6.81. The molecule has 2 aliphatic rings. The van der Waals surface area contributed by atoms with Gasteiger partial charge in [-0.15, -0.1) is 0 Å². The Morgan fingerprint density at radius 2 is 2.00 bits per heavy atom. The maximum atomic E-state index is 6.10. The van der Waals surface area contributed by atoms with E-state index in [-0.39, 0.29) is 5.92 Å². The number of nitrogens with zero attached hydrogens (tertiary/aromatic N) is 2. The van der Waals surface area contributed by atoms with Crippen LogP contribution in [0.2, 0.25) is 0 Å². The van der Waals surface area contributed by atoms with Gasteiger partial charge in [-0.3, -0.25) is 0 Å². The lowest BCUT2D eigenvalue weighted by atomic mass is 9.94. The molecule has 1 unspecified atom stereocenters. The number of amidine groups is 1. The zero-order chi connectivity index (χ0) is 18.3. The predicted molar refractivity (Wildman–Crippen MR) is 108 cm³/mol. The van der Waals surface area contributed by atoms with Gasteiger partial charge in [-0.25, -0.2) is 4.99 Å². The Bertz CT molecular complexity index is 971. The van der Waals surface area contributed by atoms with E-state index < -0.39 is 0 Å². The molecule has 2 aromatic rings. The Morgan fingerprint density at radius 1 is 1.15 bits per heavy atom. The summed E-state index contributed by atoms with van der Waals surface area (Å²) in [5.41, 5.74) is 1.84. The van der Waals surface area contributed by atoms with Crippen molar-refractivity contribution in [3.8, 4) is 17.2 Å². The van der Waals surface area contributed by atoms with E-state index in [2.05, 4.69) is 25.9 Å².